The molecule has 1 N–H and O–H groups in total. The van der Waals surface area contributed by atoms with Crippen LogP contribution >= 0.6 is 0 Å². The van der Waals surface area contributed by atoms with Crippen molar-refractivity contribution in [2.45, 2.75) is 31.6 Å². The lowest BCUT2D eigenvalue weighted by Gasteiger charge is -2.39. The number of guanidine groups is 1. The van der Waals surface area contributed by atoms with Gasteiger partial charge in [-0.25, -0.2) is 8.42 Å². The van der Waals surface area contributed by atoms with Crippen LogP contribution in [0.25, 0.3) is 0 Å². The van der Waals surface area contributed by atoms with Crippen LogP contribution in [0.1, 0.15) is 25.8 Å². The van der Waals surface area contributed by atoms with Gasteiger partial charge >= 0.3 is 0 Å². The minimum absolute atomic E-state index is 0.144. The monoisotopic (exact) mass is 397 g/mol. The summed E-state index contributed by atoms with van der Waals surface area (Å²) >= 11 is 0. The molecule has 0 amide bonds. The van der Waals surface area contributed by atoms with Crippen LogP contribution in [0.15, 0.2) is 29.3 Å². The number of nitrogens with one attached hydrogen (secondary N) is 1. The summed E-state index contributed by atoms with van der Waals surface area (Å²) in [5.74, 6) is 1.68. The van der Waals surface area contributed by atoms with Crippen LogP contribution in [-0.2, 0) is 21.1 Å². The van der Waals surface area contributed by atoms with E-state index in [2.05, 4.69) is 10.3 Å². The number of benzene rings is 1. The third kappa shape index (κ3) is 5.84. The Morgan fingerprint density at radius 3 is 2.78 bits per heavy atom. The molecule has 152 valence electrons. The van der Waals surface area contributed by atoms with Crippen LogP contribution in [0.4, 0.5) is 0 Å². The van der Waals surface area contributed by atoms with Crippen LogP contribution in [0.3, 0.4) is 0 Å². The van der Waals surface area contributed by atoms with Gasteiger partial charge in [-0.05, 0) is 31.5 Å². The second-order valence-electron chi connectivity index (χ2n) is 7.24. The fraction of sp³-hybridized carbons (Fsp3) is 0.632. The first-order chi connectivity index (χ1) is 12.8. The standard InChI is InChI=1S/C19H31N3O4S/c1-19(2)15-22(9-12-27(19,23)24)18(20-3)21-14-16-7-5-8-17(13-16)26-11-6-10-25-4/h5,7-8,13H,6,9-12,14-15H2,1-4H3,(H,20,21). The van der Waals surface area contributed by atoms with Gasteiger partial charge < -0.3 is 19.7 Å². The van der Waals surface area contributed by atoms with Gasteiger partial charge in [-0.15, -0.1) is 0 Å². The molecule has 0 aliphatic carbocycles. The highest BCUT2D eigenvalue weighted by Gasteiger charge is 2.40. The van der Waals surface area contributed by atoms with Gasteiger partial charge in [-0.3, -0.25) is 4.99 Å². The quantitative estimate of drug-likeness (QED) is 0.428. The molecule has 2 rings (SSSR count). The average Bonchev–Trinajstić information content (AvgIpc) is 2.62. The van der Waals surface area contributed by atoms with Crippen molar-refractivity contribution in [1.82, 2.24) is 10.2 Å². The first kappa shape index (κ1) is 21.5. The van der Waals surface area contributed by atoms with Crippen LogP contribution in [0, 0.1) is 0 Å². The molecular formula is C19H31N3O4S. The van der Waals surface area contributed by atoms with E-state index in [4.69, 9.17) is 9.47 Å². The highest BCUT2D eigenvalue weighted by atomic mass is 32.2. The second-order valence-corrected chi connectivity index (χ2v) is 9.99. The van der Waals surface area contributed by atoms with E-state index in [1.165, 1.54) is 0 Å². The van der Waals surface area contributed by atoms with Crippen LogP contribution in [0.2, 0.25) is 0 Å². The molecule has 0 atom stereocenters. The molecule has 0 unspecified atom stereocenters. The van der Waals surface area contributed by atoms with Gasteiger partial charge in [-0.1, -0.05) is 12.1 Å². The SMILES string of the molecule is CN=C(NCc1cccc(OCCCOC)c1)N1CCS(=O)(=O)C(C)(C)C1. The molecular weight excluding hydrogens is 366 g/mol. The third-order valence-corrected chi connectivity index (χ3v) is 7.20. The Morgan fingerprint density at radius 1 is 1.33 bits per heavy atom. The second kappa shape index (κ2) is 9.41. The maximum atomic E-state index is 12.2. The Morgan fingerprint density at radius 2 is 2.11 bits per heavy atom. The maximum absolute atomic E-state index is 12.2. The van der Waals surface area contributed by atoms with Crippen LogP contribution in [-0.4, -0.2) is 70.2 Å². The average molecular weight is 398 g/mol. The molecule has 0 bridgehead atoms. The first-order valence-corrected chi connectivity index (χ1v) is 10.8. The molecule has 1 heterocycles. The molecule has 0 saturated carbocycles. The molecule has 7 nitrogen and oxygen atoms in total. The lowest BCUT2D eigenvalue weighted by atomic mass is 10.2. The number of ether oxygens (including phenoxy) is 2. The Hall–Kier alpha value is -1.80. The largest absolute Gasteiger partial charge is 0.493 e. The topological polar surface area (TPSA) is 80.2 Å². The van der Waals surface area contributed by atoms with E-state index in [9.17, 15) is 8.42 Å². The summed E-state index contributed by atoms with van der Waals surface area (Å²) in [4.78, 5) is 6.33. The lowest BCUT2D eigenvalue weighted by Crippen LogP contribution is -2.57. The Kier molecular flexibility index (Phi) is 7.49. The number of nitrogens with zero attached hydrogens (tertiary/aromatic N) is 2. The molecule has 1 aromatic rings. The van der Waals surface area contributed by atoms with Crippen molar-refractivity contribution in [2.24, 2.45) is 4.99 Å². The van der Waals surface area contributed by atoms with E-state index in [1.54, 1.807) is 28.0 Å². The molecule has 0 radical (unpaired) electrons. The molecule has 1 aromatic carbocycles. The number of methoxy groups -OCH3 is 1. The van der Waals surface area contributed by atoms with Crippen molar-refractivity contribution in [1.29, 1.82) is 0 Å². The summed E-state index contributed by atoms with van der Waals surface area (Å²) in [6.45, 7) is 6.30. The summed E-state index contributed by atoms with van der Waals surface area (Å²) in [6.07, 6.45) is 0.846. The van der Waals surface area contributed by atoms with Gasteiger partial charge in [-0.2, -0.15) is 0 Å². The maximum Gasteiger partial charge on any atom is 0.193 e. The minimum Gasteiger partial charge on any atom is -0.493 e. The van der Waals surface area contributed by atoms with E-state index in [0.717, 1.165) is 17.7 Å². The molecule has 1 saturated heterocycles. The summed E-state index contributed by atoms with van der Waals surface area (Å²) in [6, 6.07) is 7.91. The van der Waals surface area contributed by atoms with Crippen molar-refractivity contribution in [2.75, 3.05) is 46.2 Å². The summed E-state index contributed by atoms with van der Waals surface area (Å²) in [7, 11) is 0.323. The van der Waals surface area contributed by atoms with Gasteiger partial charge in [0.1, 0.15) is 5.75 Å². The van der Waals surface area contributed by atoms with Crippen molar-refractivity contribution >= 4 is 15.8 Å². The zero-order valence-corrected chi connectivity index (χ0v) is 17.5. The van der Waals surface area contributed by atoms with Crippen molar-refractivity contribution in [3.8, 4) is 5.75 Å². The van der Waals surface area contributed by atoms with E-state index in [1.807, 2.05) is 29.2 Å². The van der Waals surface area contributed by atoms with Gasteiger partial charge in [0, 0.05) is 46.8 Å². The summed E-state index contributed by atoms with van der Waals surface area (Å²) < 4.78 is 34.4. The van der Waals surface area contributed by atoms with Gasteiger partial charge in [0.2, 0.25) is 0 Å². The Labute approximate surface area is 162 Å². The normalized spacial score (nSPS) is 19.0. The Bertz CT molecular complexity index is 747. The van der Waals surface area contributed by atoms with E-state index in [0.29, 0.717) is 38.8 Å². The fourth-order valence-electron chi connectivity index (χ4n) is 2.98. The molecule has 8 heteroatoms. The first-order valence-electron chi connectivity index (χ1n) is 9.17. The van der Waals surface area contributed by atoms with Crippen LogP contribution < -0.4 is 10.1 Å². The molecule has 1 aliphatic rings. The van der Waals surface area contributed by atoms with Crippen molar-refractivity contribution < 1.29 is 17.9 Å². The lowest BCUT2D eigenvalue weighted by molar-refractivity contribution is 0.172. The number of hydrogen-bond donors (Lipinski definition) is 1. The smallest absolute Gasteiger partial charge is 0.193 e. The predicted octanol–water partition coefficient (Wildman–Crippen LogP) is 1.69. The number of hydrogen-bond acceptors (Lipinski definition) is 5. The molecule has 1 aliphatic heterocycles. The van der Waals surface area contributed by atoms with Crippen LogP contribution in [0.5, 0.6) is 5.75 Å². The Balaban J connectivity index is 1.93. The van der Waals surface area contributed by atoms with Gasteiger partial charge in [0.05, 0.1) is 17.1 Å². The van der Waals surface area contributed by atoms with Gasteiger partial charge in [0.15, 0.2) is 15.8 Å². The highest BCUT2D eigenvalue weighted by Crippen LogP contribution is 2.23. The number of rotatable bonds is 7. The zero-order valence-electron chi connectivity index (χ0n) is 16.7. The summed E-state index contributed by atoms with van der Waals surface area (Å²) in [5, 5.41) is 3.33. The fourth-order valence-corrected chi connectivity index (χ4v) is 4.34. The zero-order chi connectivity index (χ0) is 19.9. The van der Waals surface area contributed by atoms with E-state index >= 15 is 0 Å². The van der Waals surface area contributed by atoms with E-state index in [-0.39, 0.29) is 5.75 Å². The minimum atomic E-state index is -3.07. The molecule has 27 heavy (non-hydrogen) atoms. The van der Waals surface area contributed by atoms with Crippen molar-refractivity contribution in [3.05, 3.63) is 29.8 Å². The molecule has 1 fully saturated rings. The number of aliphatic imine (C=N–C) groups is 1. The van der Waals surface area contributed by atoms with Gasteiger partial charge in [0.25, 0.3) is 0 Å². The molecule has 0 spiro atoms. The highest BCUT2D eigenvalue weighted by molar-refractivity contribution is 7.92. The molecule has 0 aromatic heterocycles. The summed E-state index contributed by atoms with van der Waals surface area (Å²) in [5.41, 5.74) is 1.07. The predicted molar refractivity (Wildman–Crippen MR) is 108 cm³/mol. The number of sulfone groups is 1. The van der Waals surface area contributed by atoms with Crippen molar-refractivity contribution in [3.63, 3.8) is 0 Å². The van der Waals surface area contributed by atoms with E-state index < -0.39 is 14.6 Å². The third-order valence-electron chi connectivity index (χ3n) is 4.67.